The van der Waals surface area contributed by atoms with E-state index in [0.29, 0.717) is 5.39 Å². The summed E-state index contributed by atoms with van der Waals surface area (Å²) in [7, 11) is 1.67. The van der Waals surface area contributed by atoms with Crippen LogP contribution < -0.4 is 10.3 Å². The van der Waals surface area contributed by atoms with Gasteiger partial charge in [-0.25, -0.2) is 4.98 Å². The Morgan fingerprint density at radius 2 is 1.85 bits per heavy atom. The molecule has 5 heteroatoms. The molecule has 0 amide bonds. The van der Waals surface area contributed by atoms with E-state index in [0.717, 1.165) is 35.0 Å². The quantitative estimate of drug-likeness (QED) is 0.480. The monoisotopic (exact) mass is 366 g/mol. The van der Waals surface area contributed by atoms with Crippen molar-refractivity contribution in [1.82, 2.24) is 9.55 Å². The highest BCUT2D eigenvalue weighted by atomic mass is 32.2. The lowest BCUT2D eigenvalue weighted by Crippen LogP contribution is -2.26. The fraction of sp³-hybridized carbons (Fsp3) is 0.333. The van der Waals surface area contributed by atoms with E-state index in [4.69, 9.17) is 9.72 Å². The molecule has 2 aromatic carbocycles. The van der Waals surface area contributed by atoms with Gasteiger partial charge in [-0.15, -0.1) is 0 Å². The fourth-order valence-electron chi connectivity index (χ4n) is 3.58. The maximum Gasteiger partial charge on any atom is 0.262 e. The van der Waals surface area contributed by atoms with Crippen molar-refractivity contribution in [2.75, 3.05) is 7.11 Å². The van der Waals surface area contributed by atoms with Crippen molar-refractivity contribution in [2.24, 2.45) is 0 Å². The Labute approximate surface area is 157 Å². The zero-order chi connectivity index (χ0) is 17.9. The molecule has 0 N–H and O–H groups in total. The molecule has 1 heterocycles. The van der Waals surface area contributed by atoms with Gasteiger partial charge in [-0.2, -0.15) is 0 Å². The van der Waals surface area contributed by atoms with Crippen LogP contribution in [0.15, 0.2) is 58.5 Å². The van der Waals surface area contributed by atoms with Gasteiger partial charge in [-0.3, -0.25) is 9.36 Å². The van der Waals surface area contributed by atoms with Gasteiger partial charge >= 0.3 is 0 Å². The number of aromatic nitrogens is 2. The van der Waals surface area contributed by atoms with Crippen LogP contribution in [0.2, 0.25) is 0 Å². The number of ether oxygens (including phenoxy) is 1. The van der Waals surface area contributed by atoms with E-state index in [1.54, 1.807) is 18.9 Å². The number of fused-ring (bicyclic) bond motifs is 1. The van der Waals surface area contributed by atoms with Crippen LogP contribution in [-0.4, -0.2) is 16.7 Å². The molecule has 0 spiro atoms. The molecule has 1 aliphatic rings. The van der Waals surface area contributed by atoms with Crippen molar-refractivity contribution in [3.05, 3.63) is 64.4 Å². The first-order valence-corrected chi connectivity index (χ1v) is 10.0. The normalized spacial score (nSPS) is 14.8. The lowest BCUT2D eigenvalue weighted by molar-refractivity contribution is 0.414. The molecule has 3 aromatic rings. The SMILES string of the molecule is COc1ccc(CSc2nc3ccccc3c(=O)n2C2CCCC2)cc1. The first-order chi connectivity index (χ1) is 12.8. The molecule has 1 saturated carbocycles. The van der Waals surface area contributed by atoms with Gasteiger partial charge in [-0.1, -0.05) is 48.9 Å². The summed E-state index contributed by atoms with van der Waals surface area (Å²) in [4.78, 5) is 18.0. The smallest absolute Gasteiger partial charge is 0.262 e. The van der Waals surface area contributed by atoms with Crippen molar-refractivity contribution in [1.29, 1.82) is 0 Å². The second-order valence-corrected chi connectivity index (χ2v) is 7.60. The maximum absolute atomic E-state index is 13.1. The number of para-hydroxylation sites is 1. The summed E-state index contributed by atoms with van der Waals surface area (Å²) >= 11 is 1.64. The van der Waals surface area contributed by atoms with Crippen molar-refractivity contribution in [3.8, 4) is 5.75 Å². The van der Waals surface area contributed by atoms with Gasteiger partial charge in [0.05, 0.1) is 18.0 Å². The van der Waals surface area contributed by atoms with Gasteiger partial charge in [0, 0.05) is 11.8 Å². The molecule has 26 heavy (non-hydrogen) atoms. The Bertz CT molecular complexity index is 960. The molecule has 0 aliphatic heterocycles. The summed E-state index contributed by atoms with van der Waals surface area (Å²) in [5, 5.41) is 1.55. The van der Waals surface area contributed by atoms with Gasteiger partial charge in [0.25, 0.3) is 5.56 Å². The average molecular weight is 366 g/mol. The Balaban J connectivity index is 1.69. The van der Waals surface area contributed by atoms with Crippen molar-refractivity contribution in [2.45, 2.75) is 42.6 Å². The number of benzene rings is 2. The fourth-order valence-corrected chi connectivity index (χ4v) is 4.60. The molecule has 1 fully saturated rings. The maximum atomic E-state index is 13.1. The minimum absolute atomic E-state index is 0.0970. The van der Waals surface area contributed by atoms with Gasteiger partial charge in [0.1, 0.15) is 5.75 Å². The third-order valence-electron chi connectivity index (χ3n) is 4.99. The minimum atomic E-state index is 0.0970. The van der Waals surface area contributed by atoms with Crippen LogP contribution in [0, 0.1) is 0 Å². The highest BCUT2D eigenvalue weighted by Gasteiger charge is 2.22. The largest absolute Gasteiger partial charge is 0.497 e. The molecule has 1 aromatic heterocycles. The average Bonchev–Trinajstić information content (AvgIpc) is 3.21. The van der Waals surface area contributed by atoms with E-state index in [1.165, 1.54) is 18.4 Å². The molecule has 0 radical (unpaired) electrons. The van der Waals surface area contributed by atoms with Gasteiger partial charge in [0.2, 0.25) is 0 Å². The van der Waals surface area contributed by atoms with Crippen LogP contribution >= 0.6 is 11.8 Å². The highest BCUT2D eigenvalue weighted by Crippen LogP contribution is 2.33. The van der Waals surface area contributed by atoms with Gasteiger partial charge in [-0.05, 0) is 42.7 Å². The zero-order valence-corrected chi connectivity index (χ0v) is 15.7. The molecule has 134 valence electrons. The second-order valence-electron chi connectivity index (χ2n) is 6.66. The van der Waals surface area contributed by atoms with Gasteiger partial charge in [0.15, 0.2) is 5.16 Å². The van der Waals surface area contributed by atoms with E-state index < -0.39 is 0 Å². The number of rotatable bonds is 5. The molecular weight excluding hydrogens is 344 g/mol. The molecular formula is C21H22N2O2S. The summed E-state index contributed by atoms with van der Waals surface area (Å²) in [5.41, 5.74) is 2.07. The van der Waals surface area contributed by atoms with Crippen LogP contribution in [0.25, 0.3) is 10.9 Å². The lowest BCUT2D eigenvalue weighted by Gasteiger charge is -2.18. The number of hydrogen-bond donors (Lipinski definition) is 0. The van der Waals surface area contributed by atoms with Crippen LogP contribution in [-0.2, 0) is 5.75 Å². The van der Waals surface area contributed by atoms with Crippen molar-refractivity contribution < 1.29 is 4.74 Å². The van der Waals surface area contributed by atoms with Crippen LogP contribution in [0.5, 0.6) is 5.75 Å². The first-order valence-electron chi connectivity index (χ1n) is 9.03. The second kappa shape index (κ2) is 7.54. The van der Waals surface area contributed by atoms with E-state index >= 15 is 0 Å². The summed E-state index contributed by atoms with van der Waals surface area (Å²) in [5.74, 6) is 1.63. The minimum Gasteiger partial charge on any atom is -0.497 e. The number of hydrogen-bond acceptors (Lipinski definition) is 4. The molecule has 0 saturated heterocycles. The predicted octanol–water partition coefficient (Wildman–Crippen LogP) is 4.81. The Morgan fingerprint density at radius 3 is 2.58 bits per heavy atom. The van der Waals surface area contributed by atoms with E-state index in [1.807, 2.05) is 41.0 Å². The summed E-state index contributed by atoms with van der Waals surface area (Å²) in [6, 6.07) is 16.0. The number of methoxy groups -OCH3 is 1. The molecule has 0 bridgehead atoms. The van der Waals surface area contributed by atoms with E-state index in [-0.39, 0.29) is 11.6 Å². The third-order valence-corrected chi connectivity index (χ3v) is 6.02. The molecule has 0 unspecified atom stereocenters. The Morgan fingerprint density at radius 1 is 1.12 bits per heavy atom. The van der Waals surface area contributed by atoms with Crippen LogP contribution in [0.1, 0.15) is 37.3 Å². The molecule has 0 atom stereocenters. The van der Waals surface area contributed by atoms with Crippen LogP contribution in [0.3, 0.4) is 0 Å². The molecule has 4 rings (SSSR count). The summed E-state index contributed by atoms with van der Waals surface area (Å²) in [6.07, 6.45) is 4.51. The molecule has 4 nitrogen and oxygen atoms in total. The first kappa shape index (κ1) is 17.2. The van der Waals surface area contributed by atoms with Gasteiger partial charge < -0.3 is 4.74 Å². The zero-order valence-electron chi connectivity index (χ0n) is 14.9. The van der Waals surface area contributed by atoms with E-state index in [9.17, 15) is 4.79 Å². The highest BCUT2D eigenvalue weighted by molar-refractivity contribution is 7.98. The third kappa shape index (κ3) is 3.36. The topological polar surface area (TPSA) is 44.1 Å². The van der Waals surface area contributed by atoms with Crippen LogP contribution in [0.4, 0.5) is 0 Å². The standard InChI is InChI=1S/C21H22N2O2S/c1-25-17-12-10-15(11-13-17)14-26-21-22-19-9-5-4-8-18(19)20(24)23(21)16-6-2-3-7-16/h4-5,8-13,16H,2-3,6-7,14H2,1H3. The van der Waals surface area contributed by atoms with Crippen molar-refractivity contribution in [3.63, 3.8) is 0 Å². The molecule has 1 aliphatic carbocycles. The van der Waals surface area contributed by atoms with Crippen molar-refractivity contribution >= 4 is 22.7 Å². The van der Waals surface area contributed by atoms with E-state index in [2.05, 4.69) is 12.1 Å². The summed E-state index contributed by atoms with van der Waals surface area (Å²) < 4.78 is 7.17. The summed E-state index contributed by atoms with van der Waals surface area (Å²) in [6.45, 7) is 0. The number of nitrogens with zero attached hydrogens (tertiary/aromatic N) is 2. The predicted molar refractivity (Wildman–Crippen MR) is 106 cm³/mol. The number of thioether (sulfide) groups is 1. The lowest BCUT2D eigenvalue weighted by atomic mass is 10.2. The Kier molecular flexibility index (Phi) is 4.98. The Hall–Kier alpha value is -2.27.